The van der Waals surface area contributed by atoms with Gasteiger partial charge in [-0.25, -0.2) is 9.18 Å². The molecule has 1 amide bonds. The maximum absolute atomic E-state index is 13.2. The zero-order valence-corrected chi connectivity index (χ0v) is 22.1. The van der Waals surface area contributed by atoms with E-state index >= 15 is 0 Å². The Kier molecular flexibility index (Phi) is 8.60. The molecule has 0 saturated carbocycles. The SMILES string of the molecule is CC(C)(C)OC(=O)COCc1cc(Cl)ccc1OCC(=O)N1[C@@H]2CC[C@H]1CC(Oc1ccc(F)cc1)C2. The highest BCUT2D eigenvalue weighted by atomic mass is 35.5. The molecule has 7 nitrogen and oxygen atoms in total. The van der Waals surface area contributed by atoms with Gasteiger partial charge in [-0.15, -0.1) is 0 Å². The quantitative estimate of drug-likeness (QED) is 0.406. The molecule has 2 aliphatic rings. The van der Waals surface area contributed by atoms with Crippen LogP contribution in [0.4, 0.5) is 4.39 Å². The molecule has 200 valence electrons. The third-order valence-corrected chi connectivity index (χ3v) is 6.60. The average Bonchev–Trinajstić information content (AvgIpc) is 3.09. The number of rotatable bonds is 9. The van der Waals surface area contributed by atoms with Gasteiger partial charge in [-0.2, -0.15) is 0 Å². The molecule has 0 spiro atoms. The van der Waals surface area contributed by atoms with Crippen molar-refractivity contribution in [2.45, 2.75) is 76.9 Å². The third kappa shape index (κ3) is 7.58. The van der Waals surface area contributed by atoms with E-state index in [4.69, 9.17) is 30.5 Å². The first kappa shape index (κ1) is 27.2. The minimum absolute atomic E-state index is 0.0158. The smallest absolute Gasteiger partial charge is 0.332 e. The van der Waals surface area contributed by atoms with Crippen LogP contribution in [0.1, 0.15) is 52.0 Å². The zero-order valence-electron chi connectivity index (χ0n) is 21.4. The van der Waals surface area contributed by atoms with Gasteiger partial charge in [0, 0.05) is 35.5 Å². The lowest BCUT2D eigenvalue weighted by Gasteiger charge is -2.38. The predicted octanol–water partition coefficient (Wildman–Crippen LogP) is 5.32. The molecule has 2 fully saturated rings. The van der Waals surface area contributed by atoms with Gasteiger partial charge < -0.3 is 23.8 Å². The number of benzene rings is 2. The lowest BCUT2D eigenvalue weighted by atomic mass is 9.99. The van der Waals surface area contributed by atoms with Gasteiger partial charge >= 0.3 is 5.97 Å². The molecular formula is C28H33ClFNO6. The first-order valence-corrected chi connectivity index (χ1v) is 12.9. The number of esters is 1. The highest BCUT2D eigenvalue weighted by Crippen LogP contribution is 2.37. The summed E-state index contributed by atoms with van der Waals surface area (Å²) in [6, 6.07) is 11.3. The normalized spacial score (nSPS) is 21.0. The Hall–Kier alpha value is -2.84. The molecule has 1 unspecified atom stereocenters. The van der Waals surface area contributed by atoms with Gasteiger partial charge in [0.05, 0.1) is 6.61 Å². The number of hydrogen-bond acceptors (Lipinski definition) is 6. The van der Waals surface area contributed by atoms with Crippen molar-refractivity contribution in [1.82, 2.24) is 4.90 Å². The van der Waals surface area contributed by atoms with Crippen molar-refractivity contribution in [2.24, 2.45) is 0 Å². The van der Waals surface area contributed by atoms with E-state index in [1.807, 2.05) is 4.90 Å². The van der Waals surface area contributed by atoms with Gasteiger partial charge in [0.25, 0.3) is 5.91 Å². The molecule has 2 aliphatic heterocycles. The molecule has 2 aromatic carbocycles. The fourth-order valence-electron chi connectivity index (χ4n) is 4.97. The molecule has 9 heteroatoms. The molecular weight excluding hydrogens is 501 g/mol. The van der Waals surface area contributed by atoms with Crippen molar-refractivity contribution in [1.29, 1.82) is 0 Å². The van der Waals surface area contributed by atoms with Crippen LogP contribution in [0.5, 0.6) is 11.5 Å². The number of fused-ring (bicyclic) bond motifs is 2. The van der Waals surface area contributed by atoms with Crippen LogP contribution in [0.25, 0.3) is 0 Å². The molecule has 3 atom stereocenters. The minimum Gasteiger partial charge on any atom is -0.490 e. The number of amides is 1. The van der Waals surface area contributed by atoms with Gasteiger partial charge in [-0.05, 0) is 76.1 Å². The second-order valence-corrected chi connectivity index (χ2v) is 10.9. The summed E-state index contributed by atoms with van der Waals surface area (Å²) in [6.45, 7) is 5.13. The zero-order chi connectivity index (χ0) is 26.6. The summed E-state index contributed by atoms with van der Waals surface area (Å²) in [7, 11) is 0. The molecule has 37 heavy (non-hydrogen) atoms. The van der Waals surface area contributed by atoms with Crippen LogP contribution < -0.4 is 9.47 Å². The molecule has 0 N–H and O–H groups in total. The second kappa shape index (κ2) is 11.7. The summed E-state index contributed by atoms with van der Waals surface area (Å²) in [5, 5.41) is 0.496. The largest absolute Gasteiger partial charge is 0.490 e. The average molecular weight is 534 g/mol. The van der Waals surface area contributed by atoms with E-state index in [2.05, 4.69) is 0 Å². The Balaban J connectivity index is 1.30. The lowest BCUT2D eigenvalue weighted by Crippen LogP contribution is -2.50. The van der Waals surface area contributed by atoms with E-state index in [1.165, 1.54) is 12.1 Å². The number of nitrogens with zero attached hydrogens (tertiary/aromatic N) is 1. The van der Waals surface area contributed by atoms with Gasteiger partial charge in [0.1, 0.15) is 35.6 Å². The van der Waals surface area contributed by atoms with E-state index in [9.17, 15) is 14.0 Å². The molecule has 0 aromatic heterocycles. The molecule has 2 saturated heterocycles. The monoisotopic (exact) mass is 533 g/mol. The molecule has 4 rings (SSSR count). The Bertz CT molecular complexity index is 1090. The number of halogens is 2. The predicted molar refractivity (Wildman–Crippen MR) is 136 cm³/mol. The minimum atomic E-state index is -0.591. The molecule has 0 radical (unpaired) electrons. The van der Waals surface area contributed by atoms with Crippen molar-refractivity contribution in [3.8, 4) is 11.5 Å². The van der Waals surface area contributed by atoms with Crippen molar-refractivity contribution in [3.05, 3.63) is 58.9 Å². The number of hydrogen-bond donors (Lipinski definition) is 0. The molecule has 0 aliphatic carbocycles. The molecule has 2 aromatic rings. The number of carbonyl (C=O) groups excluding carboxylic acids is 2. The van der Waals surface area contributed by atoms with Gasteiger partial charge in [0.15, 0.2) is 6.61 Å². The van der Waals surface area contributed by atoms with Crippen molar-refractivity contribution >= 4 is 23.5 Å². The summed E-state index contributed by atoms with van der Waals surface area (Å²) in [5.41, 5.74) is 0.0461. The number of piperidine rings is 1. The van der Waals surface area contributed by atoms with Crippen LogP contribution >= 0.6 is 11.6 Å². The highest BCUT2D eigenvalue weighted by molar-refractivity contribution is 6.30. The van der Waals surface area contributed by atoms with Crippen molar-refractivity contribution < 1.29 is 32.9 Å². The Morgan fingerprint density at radius 1 is 1.03 bits per heavy atom. The van der Waals surface area contributed by atoms with Gasteiger partial charge in [-0.3, -0.25) is 4.79 Å². The second-order valence-electron chi connectivity index (χ2n) is 10.5. The summed E-state index contributed by atoms with van der Waals surface area (Å²) in [5.74, 6) is 0.269. The fraction of sp³-hybridized carbons (Fsp3) is 0.500. The van der Waals surface area contributed by atoms with E-state index in [-0.39, 0.29) is 49.7 Å². The maximum atomic E-state index is 13.2. The van der Waals surface area contributed by atoms with Crippen LogP contribution in [-0.2, 0) is 25.7 Å². The third-order valence-electron chi connectivity index (χ3n) is 6.37. The van der Waals surface area contributed by atoms with E-state index in [0.717, 1.165) is 25.7 Å². The van der Waals surface area contributed by atoms with Crippen molar-refractivity contribution in [2.75, 3.05) is 13.2 Å². The molecule has 2 bridgehead atoms. The van der Waals surface area contributed by atoms with Crippen LogP contribution in [0.3, 0.4) is 0 Å². The van der Waals surface area contributed by atoms with E-state index < -0.39 is 11.6 Å². The van der Waals surface area contributed by atoms with Crippen LogP contribution in [0.15, 0.2) is 42.5 Å². The first-order chi connectivity index (χ1) is 17.6. The van der Waals surface area contributed by atoms with E-state index in [1.54, 1.807) is 51.1 Å². The van der Waals surface area contributed by atoms with E-state index in [0.29, 0.717) is 22.1 Å². The van der Waals surface area contributed by atoms with Gasteiger partial charge in [-0.1, -0.05) is 11.6 Å². The first-order valence-electron chi connectivity index (χ1n) is 12.5. The highest BCUT2D eigenvalue weighted by Gasteiger charge is 2.44. The summed E-state index contributed by atoms with van der Waals surface area (Å²) < 4.78 is 35.9. The lowest BCUT2D eigenvalue weighted by molar-refractivity contribution is -0.160. The Labute approximate surface area is 221 Å². The Morgan fingerprint density at radius 3 is 2.35 bits per heavy atom. The summed E-state index contributed by atoms with van der Waals surface area (Å²) in [6.07, 6.45) is 3.28. The fourth-order valence-corrected chi connectivity index (χ4v) is 5.16. The Morgan fingerprint density at radius 2 is 1.70 bits per heavy atom. The van der Waals surface area contributed by atoms with Crippen LogP contribution in [-0.4, -0.2) is 53.8 Å². The maximum Gasteiger partial charge on any atom is 0.332 e. The standard InChI is InChI=1S/C28H33ClFNO6/c1-28(2,3)37-27(33)17-34-15-18-12-19(29)4-11-25(18)35-16-26(32)31-21-7-8-22(31)14-24(13-21)36-23-9-5-20(30)6-10-23/h4-6,9-12,21-22,24H,7-8,13-17H2,1-3H3/t21-,22+,24?. The van der Waals surface area contributed by atoms with Gasteiger partial charge in [0.2, 0.25) is 0 Å². The van der Waals surface area contributed by atoms with Crippen molar-refractivity contribution in [3.63, 3.8) is 0 Å². The summed E-state index contributed by atoms with van der Waals surface area (Å²) >= 11 is 6.15. The summed E-state index contributed by atoms with van der Waals surface area (Å²) in [4.78, 5) is 27.0. The molecule has 2 heterocycles. The van der Waals surface area contributed by atoms with Crippen LogP contribution in [0, 0.1) is 5.82 Å². The number of carbonyl (C=O) groups is 2. The number of ether oxygens (including phenoxy) is 4. The van der Waals surface area contributed by atoms with Crippen LogP contribution in [0.2, 0.25) is 5.02 Å². The topological polar surface area (TPSA) is 74.3 Å².